The smallest absolute Gasteiger partial charge is 0.425 e. The Hall–Kier alpha value is -4.74. The van der Waals surface area contributed by atoms with Crippen molar-refractivity contribution in [1.29, 1.82) is 0 Å². The van der Waals surface area contributed by atoms with Crippen LogP contribution >= 0.6 is 0 Å². The van der Waals surface area contributed by atoms with Gasteiger partial charge in [0.15, 0.2) is 12.2 Å². The summed E-state index contributed by atoms with van der Waals surface area (Å²) in [5, 5.41) is 5.09. The van der Waals surface area contributed by atoms with Crippen molar-refractivity contribution in [3.05, 3.63) is 84.3 Å². The van der Waals surface area contributed by atoms with Crippen molar-refractivity contribution in [3.63, 3.8) is 0 Å². The van der Waals surface area contributed by atoms with Crippen LogP contribution in [-0.2, 0) is 12.6 Å². The zero-order valence-corrected chi connectivity index (χ0v) is 17.7. The van der Waals surface area contributed by atoms with Crippen molar-refractivity contribution >= 4 is 29.0 Å². The number of hydrogen-bond donors (Lipinski definition) is 2. The molecular weight excluding hydrogens is 465 g/mol. The molecule has 0 fully saturated rings. The van der Waals surface area contributed by atoms with Gasteiger partial charge in [0.25, 0.3) is 0 Å². The molecule has 35 heavy (non-hydrogen) atoms. The Balaban J connectivity index is 1.19. The first kappa shape index (κ1) is 22.1. The number of rotatable bonds is 5. The minimum atomic E-state index is -4.54. The molecule has 2 N–H and O–H groups in total. The van der Waals surface area contributed by atoms with Gasteiger partial charge in [-0.2, -0.15) is 13.2 Å². The Bertz CT molecular complexity index is 1480. The Labute approximate surface area is 195 Å². The minimum absolute atomic E-state index is 0.122. The van der Waals surface area contributed by atoms with Crippen molar-refractivity contribution in [3.8, 4) is 11.3 Å². The summed E-state index contributed by atoms with van der Waals surface area (Å²) in [4.78, 5) is 27.9. The van der Waals surface area contributed by atoms with Gasteiger partial charge in [0.1, 0.15) is 11.2 Å². The van der Waals surface area contributed by atoms with Crippen LogP contribution in [0.25, 0.3) is 22.6 Å². The van der Waals surface area contributed by atoms with Crippen LogP contribution in [0.3, 0.4) is 0 Å². The lowest BCUT2D eigenvalue weighted by Gasteiger charge is -2.07. The molecule has 4 heterocycles. The van der Waals surface area contributed by atoms with Gasteiger partial charge in [0.2, 0.25) is 5.71 Å². The molecule has 0 aliphatic heterocycles. The lowest BCUT2D eigenvalue weighted by atomic mass is 10.1. The number of carbonyl (C=O) groups excluding carboxylic acids is 1. The maximum absolute atomic E-state index is 12.7. The molecule has 9 nitrogen and oxygen atoms in total. The summed E-state index contributed by atoms with van der Waals surface area (Å²) in [6, 6.07) is 10.4. The zero-order chi connectivity index (χ0) is 24.4. The minimum Gasteiger partial charge on any atom is -0.425 e. The van der Waals surface area contributed by atoms with Crippen molar-refractivity contribution < 1.29 is 26.8 Å². The summed E-state index contributed by atoms with van der Waals surface area (Å²) in [7, 11) is 0. The molecular formula is C23H15F3N6O3. The highest BCUT2D eigenvalue weighted by molar-refractivity contribution is 5.98. The molecule has 2 amide bonds. The highest BCUT2D eigenvalue weighted by atomic mass is 19.4. The number of fused-ring (bicyclic) bond motifs is 1. The number of carbonyl (C=O) groups is 1. The topological polar surface area (TPSA) is 119 Å². The fraction of sp³-hybridized carbons (Fsp3) is 0.0870. The molecule has 0 unspecified atom stereocenters. The fourth-order valence-electron chi connectivity index (χ4n) is 3.33. The first-order chi connectivity index (χ1) is 16.8. The molecule has 5 rings (SSSR count). The number of aromatic nitrogens is 4. The van der Waals surface area contributed by atoms with E-state index in [1.807, 2.05) is 18.2 Å². The quantitative estimate of drug-likeness (QED) is 0.340. The summed E-state index contributed by atoms with van der Waals surface area (Å²) >= 11 is 0. The van der Waals surface area contributed by atoms with Crippen LogP contribution in [0.15, 0.2) is 76.3 Å². The fourth-order valence-corrected chi connectivity index (χ4v) is 3.33. The third-order valence-corrected chi connectivity index (χ3v) is 4.99. The van der Waals surface area contributed by atoms with Gasteiger partial charge in [-0.1, -0.05) is 12.1 Å². The van der Waals surface area contributed by atoms with Crippen LogP contribution in [0.2, 0.25) is 0 Å². The van der Waals surface area contributed by atoms with Crippen molar-refractivity contribution in [2.24, 2.45) is 0 Å². The van der Waals surface area contributed by atoms with Gasteiger partial charge in [0.05, 0.1) is 6.20 Å². The largest absolute Gasteiger partial charge is 0.433 e. The SMILES string of the molecule is O=C(Nc1ccc(Cc2ccnc3ocnc23)cc1)Nc1ncc(-c2ccc(C(F)(F)F)nc2)o1. The summed E-state index contributed by atoms with van der Waals surface area (Å²) in [5.74, 6) is 0.156. The molecule has 0 saturated carbocycles. The Morgan fingerprint density at radius 2 is 1.74 bits per heavy atom. The van der Waals surface area contributed by atoms with Crippen LogP contribution in [0.4, 0.5) is 29.7 Å². The highest BCUT2D eigenvalue weighted by Crippen LogP contribution is 2.29. The average Bonchev–Trinajstić information content (AvgIpc) is 3.50. The molecule has 0 saturated heterocycles. The second-order valence-electron chi connectivity index (χ2n) is 7.39. The second kappa shape index (κ2) is 8.89. The molecule has 0 radical (unpaired) electrons. The normalized spacial score (nSPS) is 11.5. The summed E-state index contributed by atoms with van der Waals surface area (Å²) < 4.78 is 48.6. The number of urea groups is 1. The van der Waals surface area contributed by atoms with E-state index in [1.54, 1.807) is 18.3 Å². The number of alkyl halides is 3. The van der Waals surface area contributed by atoms with E-state index in [0.29, 0.717) is 23.3 Å². The molecule has 5 aromatic rings. The summed E-state index contributed by atoms with van der Waals surface area (Å²) in [5.41, 5.74) is 2.93. The third-order valence-electron chi connectivity index (χ3n) is 4.99. The molecule has 0 atom stereocenters. The van der Waals surface area contributed by atoms with Crippen molar-refractivity contribution in [2.45, 2.75) is 12.6 Å². The Kier molecular flexibility index (Phi) is 5.61. The van der Waals surface area contributed by atoms with Crippen LogP contribution in [0.5, 0.6) is 0 Å². The monoisotopic (exact) mass is 480 g/mol. The molecule has 12 heteroatoms. The lowest BCUT2D eigenvalue weighted by molar-refractivity contribution is -0.141. The zero-order valence-electron chi connectivity index (χ0n) is 17.7. The molecule has 0 aliphatic carbocycles. The number of nitrogens with one attached hydrogen (secondary N) is 2. The van der Waals surface area contributed by atoms with Gasteiger partial charge in [-0.3, -0.25) is 10.3 Å². The van der Waals surface area contributed by atoms with Gasteiger partial charge in [-0.05, 0) is 47.9 Å². The molecule has 4 aromatic heterocycles. The average molecular weight is 480 g/mol. The number of benzene rings is 1. The van der Waals surface area contributed by atoms with Crippen molar-refractivity contribution in [1.82, 2.24) is 19.9 Å². The molecule has 0 bridgehead atoms. The molecule has 176 valence electrons. The third kappa shape index (κ3) is 4.95. The van der Waals surface area contributed by atoms with E-state index in [1.165, 1.54) is 18.7 Å². The maximum atomic E-state index is 12.7. The number of pyridine rings is 2. The van der Waals surface area contributed by atoms with Crippen LogP contribution in [0, 0.1) is 0 Å². The van der Waals surface area contributed by atoms with E-state index < -0.39 is 17.9 Å². The van der Waals surface area contributed by atoms with Gasteiger partial charge >= 0.3 is 18.2 Å². The van der Waals surface area contributed by atoms with E-state index in [2.05, 4.69) is 30.6 Å². The number of oxazole rings is 2. The molecule has 0 spiro atoms. The van der Waals surface area contributed by atoms with Crippen molar-refractivity contribution in [2.75, 3.05) is 10.6 Å². The van der Waals surface area contributed by atoms with Crippen LogP contribution in [0.1, 0.15) is 16.8 Å². The van der Waals surface area contributed by atoms with Gasteiger partial charge < -0.3 is 14.2 Å². The number of halogens is 3. The highest BCUT2D eigenvalue weighted by Gasteiger charge is 2.32. The van der Waals surface area contributed by atoms with E-state index in [4.69, 9.17) is 8.83 Å². The Morgan fingerprint density at radius 3 is 2.49 bits per heavy atom. The predicted molar refractivity (Wildman–Crippen MR) is 118 cm³/mol. The first-order valence-electron chi connectivity index (χ1n) is 10.2. The lowest BCUT2D eigenvalue weighted by Crippen LogP contribution is -2.19. The van der Waals surface area contributed by atoms with E-state index in [-0.39, 0.29) is 17.3 Å². The standard InChI is InChI=1S/C23H15F3N6O3/c24-23(25,26)18-6-3-15(10-28-18)17-11-29-22(35-17)32-21(33)31-16-4-1-13(2-5-16)9-14-7-8-27-20-19(14)30-12-34-20/h1-8,10-12H,9H2,(H2,29,31,32,33). The van der Waals surface area contributed by atoms with E-state index >= 15 is 0 Å². The molecule has 0 aliphatic rings. The number of nitrogens with zero attached hydrogens (tertiary/aromatic N) is 4. The summed E-state index contributed by atoms with van der Waals surface area (Å²) in [6.45, 7) is 0. The summed E-state index contributed by atoms with van der Waals surface area (Å²) in [6.07, 6.45) is 1.38. The number of hydrogen-bond acceptors (Lipinski definition) is 7. The molecule has 1 aromatic carbocycles. The van der Waals surface area contributed by atoms with Crippen LogP contribution in [-0.4, -0.2) is 26.0 Å². The number of amides is 2. The van der Waals surface area contributed by atoms with Gasteiger partial charge in [-0.25, -0.2) is 19.7 Å². The van der Waals surface area contributed by atoms with E-state index in [0.717, 1.165) is 23.4 Å². The maximum Gasteiger partial charge on any atom is 0.433 e. The predicted octanol–water partition coefficient (Wildman–Crippen LogP) is 5.53. The van der Waals surface area contributed by atoms with Gasteiger partial charge in [0, 0.05) is 23.6 Å². The van der Waals surface area contributed by atoms with E-state index in [9.17, 15) is 18.0 Å². The number of anilines is 2. The van der Waals surface area contributed by atoms with Crippen LogP contribution < -0.4 is 10.6 Å². The first-order valence-corrected chi connectivity index (χ1v) is 10.2. The van der Waals surface area contributed by atoms with Gasteiger partial charge in [-0.15, -0.1) is 0 Å². The second-order valence-corrected chi connectivity index (χ2v) is 7.39. The Morgan fingerprint density at radius 1 is 0.914 bits per heavy atom.